The van der Waals surface area contributed by atoms with Gasteiger partial charge in [0.1, 0.15) is 0 Å². The van der Waals surface area contributed by atoms with Gasteiger partial charge in [0, 0.05) is 3.92 Å². The van der Waals surface area contributed by atoms with Crippen LogP contribution in [-0.2, 0) is 0 Å². The van der Waals surface area contributed by atoms with E-state index in [1.54, 1.807) is 0 Å². The number of hydrogen-bond donors (Lipinski definition) is 0. The van der Waals surface area contributed by atoms with Crippen LogP contribution in [0.2, 0.25) is 0 Å². The Bertz CT molecular complexity index is 91.0. The van der Waals surface area contributed by atoms with Crippen molar-refractivity contribution in [2.75, 3.05) is 0 Å². The predicted molar refractivity (Wildman–Crippen MR) is 66.0 cm³/mol. The maximum absolute atomic E-state index is 2.62. The lowest BCUT2D eigenvalue weighted by atomic mass is 9.94. The second kappa shape index (κ2) is 8.33. The molecule has 0 nitrogen and oxygen atoms in total. The molecule has 1 heteroatoms. The van der Waals surface area contributed by atoms with E-state index in [0.29, 0.717) is 0 Å². The van der Waals surface area contributed by atoms with Crippen LogP contribution in [0.1, 0.15) is 59.3 Å². The molecule has 0 radical (unpaired) electrons. The second-order valence-electron chi connectivity index (χ2n) is 3.68. The second-order valence-corrected chi connectivity index (χ2v) is 5.45. The monoisotopic (exact) mass is 282 g/mol. The molecular formula is C11H23I. The highest BCUT2D eigenvalue weighted by molar-refractivity contribution is 14.1. The summed E-state index contributed by atoms with van der Waals surface area (Å²) in [6.07, 6.45) is 8.35. The van der Waals surface area contributed by atoms with Gasteiger partial charge in [0.2, 0.25) is 0 Å². The maximum Gasteiger partial charge on any atom is 0.0112 e. The first kappa shape index (κ1) is 12.7. The van der Waals surface area contributed by atoms with E-state index in [9.17, 15) is 0 Å². The lowest BCUT2D eigenvalue weighted by molar-refractivity contribution is 0.424. The van der Waals surface area contributed by atoms with Gasteiger partial charge in [0.05, 0.1) is 0 Å². The predicted octanol–water partition coefficient (Wildman–Crippen LogP) is 4.81. The van der Waals surface area contributed by atoms with Gasteiger partial charge >= 0.3 is 0 Å². The van der Waals surface area contributed by atoms with E-state index < -0.39 is 0 Å². The topological polar surface area (TPSA) is 0 Å². The van der Waals surface area contributed by atoms with Crippen LogP contribution in [0.25, 0.3) is 0 Å². The van der Waals surface area contributed by atoms with E-state index >= 15 is 0 Å². The molecule has 0 bridgehead atoms. The Morgan fingerprint density at radius 2 is 1.58 bits per heavy atom. The summed E-state index contributed by atoms with van der Waals surface area (Å²) in [6.45, 7) is 6.91. The normalized spacial score (nSPS) is 16.0. The van der Waals surface area contributed by atoms with Crippen LogP contribution in [0.5, 0.6) is 0 Å². The molecule has 0 amide bonds. The third-order valence-corrected chi connectivity index (χ3v) is 3.60. The highest BCUT2D eigenvalue weighted by Gasteiger charge is 2.10. The Hall–Kier alpha value is 0.730. The zero-order valence-corrected chi connectivity index (χ0v) is 10.9. The molecule has 0 heterocycles. The van der Waals surface area contributed by atoms with Crippen molar-refractivity contribution in [2.24, 2.45) is 5.92 Å². The minimum Gasteiger partial charge on any atom is -0.0826 e. The highest BCUT2D eigenvalue weighted by Crippen LogP contribution is 2.23. The van der Waals surface area contributed by atoms with Crippen LogP contribution in [0, 0.1) is 5.92 Å². The first-order valence-electron chi connectivity index (χ1n) is 5.38. The third-order valence-electron chi connectivity index (χ3n) is 2.47. The molecule has 0 fully saturated rings. The fraction of sp³-hybridized carbons (Fsp3) is 1.00. The van der Waals surface area contributed by atoms with Crippen molar-refractivity contribution in [2.45, 2.75) is 63.2 Å². The van der Waals surface area contributed by atoms with Crippen molar-refractivity contribution in [3.63, 3.8) is 0 Å². The van der Waals surface area contributed by atoms with E-state index in [1.807, 2.05) is 0 Å². The van der Waals surface area contributed by atoms with Gasteiger partial charge in [-0.3, -0.25) is 0 Å². The molecule has 0 aromatic heterocycles. The Morgan fingerprint density at radius 1 is 1.00 bits per heavy atom. The van der Waals surface area contributed by atoms with Crippen molar-refractivity contribution in [1.82, 2.24) is 0 Å². The van der Waals surface area contributed by atoms with Gasteiger partial charge in [-0.25, -0.2) is 0 Å². The molecule has 2 unspecified atom stereocenters. The molecule has 0 aromatic carbocycles. The molecule has 0 saturated heterocycles. The zero-order chi connectivity index (χ0) is 9.40. The number of halogens is 1. The molecule has 0 rings (SSSR count). The molecule has 12 heavy (non-hydrogen) atoms. The van der Waals surface area contributed by atoms with Crippen LogP contribution in [-0.4, -0.2) is 3.92 Å². The van der Waals surface area contributed by atoms with Crippen LogP contribution in [0.3, 0.4) is 0 Å². The van der Waals surface area contributed by atoms with Gasteiger partial charge in [-0.2, -0.15) is 0 Å². The average Bonchev–Trinajstić information content (AvgIpc) is 2.04. The Balaban J connectivity index is 3.53. The molecule has 74 valence electrons. The molecule has 2 atom stereocenters. The van der Waals surface area contributed by atoms with Gasteiger partial charge in [0.15, 0.2) is 0 Å². The molecule has 0 saturated carbocycles. The molecule has 0 aliphatic carbocycles. The summed E-state index contributed by atoms with van der Waals surface area (Å²) in [5, 5.41) is 0. The van der Waals surface area contributed by atoms with Gasteiger partial charge in [-0.05, 0) is 18.8 Å². The van der Waals surface area contributed by atoms with E-state index in [0.717, 1.165) is 9.84 Å². The minimum absolute atomic E-state index is 0.920. The standard InChI is InChI=1S/C11H23I/c1-4-7-10(6-3)9-11(12)8-5-2/h10-11H,4-9H2,1-3H3. The van der Waals surface area contributed by atoms with Crippen LogP contribution >= 0.6 is 22.6 Å². The molecule has 0 aliphatic rings. The number of rotatable bonds is 7. The summed E-state index contributed by atoms with van der Waals surface area (Å²) < 4.78 is 0.920. The summed E-state index contributed by atoms with van der Waals surface area (Å²) in [6, 6.07) is 0. The molecule has 0 aromatic rings. The largest absolute Gasteiger partial charge is 0.0826 e. The van der Waals surface area contributed by atoms with Crippen molar-refractivity contribution in [1.29, 1.82) is 0 Å². The van der Waals surface area contributed by atoms with Crippen molar-refractivity contribution < 1.29 is 0 Å². The minimum atomic E-state index is 0.920. The van der Waals surface area contributed by atoms with E-state index in [-0.39, 0.29) is 0 Å². The molecule has 0 N–H and O–H groups in total. The molecular weight excluding hydrogens is 259 g/mol. The van der Waals surface area contributed by atoms with Gasteiger partial charge in [0.25, 0.3) is 0 Å². The third kappa shape index (κ3) is 6.27. The Labute approximate surface area is 91.7 Å². The van der Waals surface area contributed by atoms with Crippen molar-refractivity contribution in [3.8, 4) is 0 Å². The first-order chi connectivity index (χ1) is 5.74. The van der Waals surface area contributed by atoms with E-state index in [1.165, 1.54) is 38.5 Å². The molecule has 0 aliphatic heterocycles. The van der Waals surface area contributed by atoms with Gasteiger partial charge in [-0.1, -0.05) is 69.0 Å². The van der Waals surface area contributed by atoms with E-state index in [2.05, 4.69) is 43.4 Å². The Morgan fingerprint density at radius 3 is 2.00 bits per heavy atom. The highest BCUT2D eigenvalue weighted by atomic mass is 127. The van der Waals surface area contributed by atoms with Crippen molar-refractivity contribution >= 4 is 22.6 Å². The summed E-state index contributed by atoms with van der Waals surface area (Å²) >= 11 is 2.62. The lowest BCUT2D eigenvalue weighted by Gasteiger charge is -2.17. The summed E-state index contributed by atoms with van der Waals surface area (Å²) in [5.74, 6) is 0.989. The number of hydrogen-bond acceptors (Lipinski definition) is 0. The summed E-state index contributed by atoms with van der Waals surface area (Å²) in [7, 11) is 0. The molecule has 0 spiro atoms. The lowest BCUT2D eigenvalue weighted by Crippen LogP contribution is -2.07. The van der Waals surface area contributed by atoms with Crippen LogP contribution in [0.4, 0.5) is 0 Å². The SMILES string of the molecule is CCCC(I)CC(CC)CCC. The van der Waals surface area contributed by atoms with E-state index in [4.69, 9.17) is 0 Å². The fourth-order valence-corrected chi connectivity index (χ4v) is 3.03. The first-order valence-corrected chi connectivity index (χ1v) is 6.63. The quantitative estimate of drug-likeness (QED) is 0.464. The van der Waals surface area contributed by atoms with Crippen LogP contribution in [0.15, 0.2) is 0 Å². The fourth-order valence-electron chi connectivity index (χ4n) is 1.69. The maximum atomic E-state index is 2.62. The van der Waals surface area contributed by atoms with Crippen molar-refractivity contribution in [3.05, 3.63) is 0 Å². The van der Waals surface area contributed by atoms with Gasteiger partial charge < -0.3 is 0 Å². The van der Waals surface area contributed by atoms with Gasteiger partial charge in [-0.15, -0.1) is 0 Å². The zero-order valence-electron chi connectivity index (χ0n) is 8.78. The van der Waals surface area contributed by atoms with Crippen LogP contribution < -0.4 is 0 Å². The Kier molecular flexibility index (Phi) is 8.84. The average molecular weight is 282 g/mol. The smallest absolute Gasteiger partial charge is 0.0112 e. The number of alkyl halides is 1. The summed E-state index contributed by atoms with van der Waals surface area (Å²) in [5.41, 5.74) is 0. The summed E-state index contributed by atoms with van der Waals surface area (Å²) in [4.78, 5) is 0.